The summed E-state index contributed by atoms with van der Waals surface area (Å²) in [5, 5.41) is 30.7. The number of hydrogen-bond donors (Lipinski definition) is 4. The van der Waals surface area contributed by atoms with E-state index in [1.54, 1.807) is 6.92 Å². The largest absolute Gasteiger partial charge is 0.481 e. The predicted molar refractivity (Wildman–Crippen MR) is 71.8 cm³/mol. The van der Waals surface area contributed by atoms with Crippen molar-refractivity contribution in [2.24, 2.45) is 0 Å². The Labute approximate surface area is 117 Å². The number of aliphatic carboxylic acids is 1. The number of halogens is 1. The standard InChI is InChI=1S/C14H20FNO4/c1-9-7-10(3-4-11(9)15)14(20)12(8-13(18)19)16-5-2-6-17/h3-4,7,12,14,16-17,20H,2,5-6,8H2,1H3,(H,18,19). The Kier molecular flexibility index (Phi) is 6.57. The summed E-state index contributed by atoms with van der Waals surface area (Å²) in [6, 6.07) is 3.50. The molecule has 1 aromatic rings. The van der Waals surface area contributed by atoms with Crippen LogP contribution in [0.5, 0.6) is 0 Å². The normalized spacial score (nSPS) is 14.0. The number of aliphatic hydroxyl groups is 2. The van der Waals surface area contributed by atoms with E-state index in [2.05, 4.69) is 5.32 Å². The molecule has 0 fully saturated rings. The summed E-state index contributed by atoms with van der Waals surface area (Å²) >= 11 is 0. The van der Waals surface area contributed by atoms with E-state index in [0.717, 1.165) is 0 Å². The van der Waals surface area contributed by atoms with Gasteiger partial charge in [0.2, 0.25) is 0 Å². The highest BCUT2D eigenvalue weighted by Gasteiger charge is 2.23. The molecule has 0 aliphatic carbocycles. The lowest BCUT2D eigenvalue weighted by Gasteiger charge is -2.23. The molecule has 1 rings (SSSR count). The van der Waals surface area contributed by atoms with Crippen LogP contribution in [0.15, 0.2) is 18.2 Å². The average Bonchev–Trinajstić information content (AvgIpc) is 2.40. The van der Waals surface area contributed by atoms with Crippen molar-refractivity contribution in [3.63, 3.8) is 0 Å². The lowest BCUT2D eigenvalue weighted by Crippen LogP contribution is -2.37. The highest BCUT2D eigenvalue weighted by atomic mass is 19.1. The zero-order valence-corrected chi connectivity index (χ0v) is 11.3. The molecule has 20 heavy (non-hydrogen) atoms. The highest BCUT2D eigenvalue weighted by Crippen LogP contribution is 2.21. The first-order valence-electron chi connectivity index (χ1n) is 6.46. The second kappa shape index (κ2) is 7.94. The third kappa shape index (κ3) is 4.88. The van der Waals surface area contributed by atoms with Crippen LogP contribution in [-0.2, 0) is 4.79 Å². The van der Waals surface area contributed by atoms with Gasteiger partial charge < -0.3 is 20.6 Å². The quantitative estimate of drug-likeness (QED) is 0.535. The zero-order chi connectivity index (χ0) is 15.1. The number of hydrogen-bond acceptors (Lipinski definition) is 4. The van der Waals surface area contributed by atoms with Crippen molar-refractivity contribution >= 4 is 5.97 Å². The smallest absolute Gasteiger partial charge is 0.305 e. The van der Waals surface area contributed by atoms with Crippen LogP contribution in [0.4, 0.5) is 4.39 Å². The van der Waals surface area contributed by atoms with Gasteiger partial charge in [0.15, 0.2) is 0 Å². The molecule has 112 valence electrons. The summed E-state index contributed by atoms with van der Waals surface area (Å²) in [6.07, 6.45) is -0.849. The van der Waals surface area contributed by atoms with Gasteiger partial charge in [-0.1, -0.05) is 12.1 Å². The summed E-state index contributed by atoms with van der Waals surface area (Å²) in [6.45, 7) is 1.96. The van der Waals surface area contributed by atoms with E-state index in [1.165, 1.54) is 18.2 Å². The maximum absolute atomic E-state index is 13.2. The van der Waals surface area contributed by atoms with Crippen molar-refractivity contribution in [1.29, 1.82) is 0 Å². The zero-order valence-electron chi connectivity index (χ0n) is 11.3. The molecular weight excluding hydrogens is 265 g/mol. The van der Waals surface area contributed by atoms with Gasteiger partial charge in [-0.25, -0.2) is 4.39 Å². The summed E-state index contributed by atoms with van der Waals surface area (Å²) < 4.78 is 13.2. The maximum atomic E-state index is 13.2. The number of carboxylic acids is 1. The van der Waals surface area contributed by atoms with E-state index in [-0.39, 0.29) is 18.8 Å². The van der Waals surface area contributed by atoms with Crippen molar-refractivity contribution in [2.45, 2.75) is 31.9 Å². The molecule has 0 heterocycles. The molecule has 2 atom stereocenters. The number of benzene rings is 1. The number of nitrogens with one attached hydrogen (secondary N) is 1. The van der Waals surface area contributed by atoms with Gasteiger partial charge in [-0.05, 0) is 37.1 Å². The second-order valence-corrected chi connectivity index (χ2v) is 4.69. The third-order valence-corrected chi connectivity index (χ3v) is 3.04. The molecule has 5 nitrogen and oxygen atoms in total. The van der Waals surface area contributed by atoms with E-state index < -0.39 is 18.1 Å². The first kappa shape index (κ1) is 16.6. The van der Waals surface area contributed by atoms with Gasteiger partial charge in [0.25, 0.3) is 0 Å². The lowest BCUT2D eigenvalue weighted by atomic mass is 9.98. The van der Waals surface area contributed by atoms with Gasteiger partial charge in [-0.2, -0.15) is 0 Å². The minimum atomic E-state index is -1.05. The fourth-order valence-electron chi connectivity index (χ4n) is 1.93. The van der Waals surface area contributed by atoms with Crippen molar-refractivity contribution in [1.82, 2.24) is 5.32 Å². The van der Waals surface area contributed by atoms with Crippen molar-refractivity contribution in [2.75, 3.05) is 13.2 Å². The first-order chi connectivity index (χ1) is 9.45. The molecule has 0 radical (unpaired) electrons. The Morgan fingerprint density at radius 3 is 2.70 bits per heavy atom. The molecule has 4 N–H and O–H groups in total. The Hall–Kier alpha value is -1.50. The van der Waals surface area contributed by atoms with E-state index >= 15 is 0 Å². The highest BCUT2D eigenvalue weighted by molar-refractivity contribution is 5.67. The molecule has 2 unspecified atom stereocenters. The van der Waals surface area contributed by atoms with Crippen LogP contribution >= 0.6 is 0 Å². The van der Waals surface area contributed by atoms with Gasteiger partial charge in [-0.3, -0.25) is 4.79 Å². The number of rotatable bonds is 8. The van der Waals surface area contributed by atoms with E-state index in [0.29, 0.717) is 24.1 Å². The summed E-state index contributed by atoms with van der Waals surface area (Å²) in [5.74, 6) is -1.41. The second-order valence-electron chi connectivity index (χ2n) is 4.69. The molecule has 0 spiro atoms. The average molecular weight is 285 g/mol. The summed E-state index contributed by atoms with van der Waals surface area (Å²) in [5.41, 5.74) is 0.859. The number of carboxylic acid groups (broad SMARTS) is 1. The molecular formula is C14H20FNO4. The number of aryl methyl sites for hydroxylation is 1. The number of aliphatic hydroxyl groups excluding tert-OH is 2. The molecule has 0 saturated carbocycles. The predicted octanol–water partition coefficient (Wildman–Crippen LogP) is 0.983. The fraction of sp³-hybridized carbons (Fsp3) is 0.500. The van der Waals surface area contributed by atoms with E-state index in [9.17, 15) is 14.3 Å². The van der Waals surface area contributed by atoms with Crippen LogP contribution in [0.3, 0.4) is 0 Å². The Balaban J connectivity index is 2.81. The number of carbonyl (C=O) groups is 1. The van der Waals surface area contributed by atoms with E-state index in [4.69, 9.17) is 10.2 Å². The van der Waals surface area contributed by atoms with Crippen molar-refractivity contribution < 1.29 is 24.5 Å². The molecule has 0 bridgehead atoms. The first-order valence-corrected chi connectivity index (χ1v) is 6.46. The molecule has 6 heteroatoms. The van der Waals surface area contributed by atoms with Crippen LogP contribution in [0.2, 0.25) is 0 Å². The topological polar surface area (TPSA) is 89.8 Å². The minimum Gasteiger partial charge on any atom is -0.481 e. The van der Waals surface area contributed by atoms with Gasteiger partial charge in [0.1, 0.15) is 5.82 Å². The fourth-order valence-corrected chi connectivity index (χ4v) is 1.93. The van der Waals surface area contributed by atoms with Gasteiger partial charge in [-0.15, -0.1) is 0 Å². The van der Waals surface area contributed by atoms with E-state index in [1.807, 2.05) is 0 Å². The Morgan fingerprint density at radius 1 is 1.45 bits per heavy atom. The summed E-state index contributed by atoms with van der Waals surface area (Å²) in [7, 11) is 0. The molecule has 1 aromatic carbocycles. The van der Waals surface area contributed by atoms with Gasteiger partial charge >= 0.3 is 5.97 Å². The lowest BCUT2D eigenvalue weighted by molar-refractivity contribution is -0.138. The van der Waals surface area contributed by atoms with Gasteiger partial charge in [0, 0.05) is 12.6 Å². The molecule has 0 aliphatic rings. The Morgan fingerprint density at radius 2 is 2.15 bits per heavy atom. The van der Waals surface area contributed by atoms with Crippen molar-refractivity contribution in [3.05, 3.63) is 35.1 Å². The third-order valence-electron chi connectivity index (χ3n) is 3.04. The van der Waals surface area contributed by atoms with Crippen LogP contribution < -0.4 is 5.32 Å². The van der Waals surface area contributed by atoms with Crippen LogP contribution in [-0.4, -0.2) is 40.5 Å². The SMILES string of the molecule is Cc1cc(C(O)C(CC(=O)O)NCCCO)ccc1F. The maximum Gasteiger partial charge on any atom is 0.305 e. The molecule has 0 aliphatic heterocycles. The van der Waals surface area contributed by atoms with Crippen LogP contribution in [0.25, 0.3) is 0 Å². The Bertz CT molecular complexity index is 453. The van der Waals surface area contributed by atoms with Crippen molar-refractivity contribution in [3.8, 4) is 0 Å². The van der Waals surface area contributed by atoms with Gasteiger partial charge in [0.05, 0.1) is 12.5 Å². The van der Waals surface area contributed by atoms with Crippen LogP contribution in [0.1, 0.15) is 30.1 Å². The van der Waals surface area contributed by atoms with Crippen LogP contribution in [0, 0.1) is 12.7 Å². The minimum absolute atomic E-state index is 0.0153. The molecule has 0 saturated heterocycles. The molecule has 0 amide bonds. The monoisotopic (exact) mass is 285 g/mol. The molecule has 0 aromatic heterocycles. The summed E-state index contributed by atoms with van der Waals surface area (Å²) in [4.78, 5) is 10.8.